The monoisotopic (exact) mass is 621 g/mol. The van der Waals surface area contributed by atoms with Crippen molar-refractivity contribution < 1.29 is 0 Å². The smallest absolute Gasteiger partial charge is 0.246 e. The van der Waals surface area contributed by atoms with Gasteiger partial charge in [0.2, 0.25) is 13.4 Å². The summed E-state index contributed by atoms with van der Waals surface area (Å²) in [4.78, 5) is 2.58. The summed E-state index contributed by atoms with van der Waals surface area (Å²) in [6.45, 7) is 4.61. The van der Waals surface area contributed by atoms with E-state index in [9.17, 15) is 0 Å². The minimum Gasteiger partial charge on any atom is -0.313 e. The Bertz CT molecular complexity index is 2450. The third kappa shape index (κ3) is 4.42. The van der Waals surface area contributed by atoms with Crippen molar-refractivity contribution >= 4 is 84.8 Å². The van der Waals surface area contributed by atoms with Crippen LogP contribution in [0, 0.1) is 13.8 Å². The molecule has 0 spiro atoms. The van der Waals surface area contributed by atoms with E-state index in [1.165, 1.54) is 93.6 Å². The van der Waals surface area contributed by atoms with Crippen LogP contribution in [0.2, 0.25) is 0 Å². The van der Waals surface area contributed by atoms with E-state index < -0.39 is 0 Å². The molecule has 0 atom stereocenters. The normalized spacial score (nSPS) is 13.0. The van der Waals surface area contributed by atoms with E-state index in [1.54, 1.807) is 0 Å². The van der Waals surface area contributed by atoms with Crippen molar-refractivity contribution in [2.75, 3.05) is 4.90 Å². The number of hydrogen-bond donors (Lipinski definition) is 0. The molecule has 0 N–H and O–H groups in total. The molecule has 0 unspecified atom stereocenters. The summed E-state index contributed by atoms with van der Waals surface area (Å²) in [5.41, 5.74) is 17.0. The highest BCUT2D eigenvalue weighted by molar-refractivity contribution is 7.02. The first-order chi connectivity index (χ1) is 24.1. The second kappa shape index (κ2) is 10.9. The molecule has 8 aromatic rings. The molecule has 0 bridgehead atoms. The average molecular weight is 621 g/mol. The molecule has 228 valence electrons. The van der Waals surface area contributed by atoms with Gasteiger partial charge in [-0.25, -0.2) is 0 Å². The van der Waals surface area contributed by atoms with Crippen molar-refractivity contribution in [2.24, 2.45) is 0 Å². The summed E-state index contributed by atoms with van der Waals surface area (Å²) in [6.07, 6.45) is 0. The summed E-state index contributed by atoms with van der Waals surface area (Å²) in [7, 11) is 0. The fourth-order valence-corrected chi connectivity index (χ4v) is 8.59. The fraction of sp³-hybridized carbons (Fsp3) is 0.0435. The van der Waals surface area contributed by atoms with E-state index in [1.807, 2.05) is 0 Å². The predicted octanol–water partition coefficient (Wildman–Crippen LogP) is 7.41. The molecule has 2 aliphatic heterocycles. The van der Waals surface area contributed by atoms with Crippen molar-refractivity contribution in [2.45, 2.75) is 13.8 Å². The molecule has 0 amide bonds. The van der Waals surface area contributed by atoms with Crippen LogP contribution in [-0.4, -0.2) is 13.4 Å². The summed E-state index contributed by atoms with van der Waals surface area (Å²) >= 11 is 0. The zero-order valence-electron chi connectivity index (χ0n) is 27.7. The Morgan fingerprint density at radius 1 is 0.367 bits per heavy atom. The number of nitrogens with zero attached hydrogens (tertiary/aromatic N) is 1. The van der Waals surface area contributed by atoms with Crippen LogP contribution < -0.4 is 37.7 Å². The summed E-state index contributed by atoms with van der Waals surface area (Å²) < 4.78 is 0. The highest BCUT2D eigenvalue weighted by atomic mass is 15.2. The van der Waals surface area contributed by atoms with Crippen LogP contribution in [0.3, 0.4) is 0 Å². The summed E-state index contributed by atoms with van der Waals surface area (Å²) in [6, 6.07) is 61.7. The molecule has 49 heavy (non-hydrogen) atoms. The van der Waals surface area contributed by atoms with Crippen LogP contribution in [-0.2, 0) is 0 Å². The van der Waals surface area contributed by atoms with Gasteiger partial charge in [-0.2, -0.15) is 0 Å². The molecule has 0 aliphatic carbocycles. The Morgan fingerprint density at radius 3 is 1.35 bits per heavy atom. The lowest BCUT2D eigenvalue weighted by molar-refractivity contribution is 1.29. The lowest BCUT2D eigenvalue weighted by Gasteiger charge is -2.44. The number of benzene rings is 8. The second-order valence-electron chi connectivity index (χ2n) is 13.9. The molecule has 3 heteroatoms. The van der Waals surface area contributed by atoms with Gasteiger partial charge in [0.05, 0.1) is 0 Å². The molecular weight excluding hydrogens is 588 g/mol. The van der Waals surface area contributed by atoms with E-state index in [0.717, 1.165) is 0 Å². The zero-order valence-corrected chi connectivity index (χ0v) is 27.7. The minimum atomic E-state index is 0.0809. The zero-order chi connectivity index (χ0) is 32.6. The van der Waals surface area contributed by atoms with Gasteiger partial charge in [0.15, 0.2) is 0 Å². The second-order valence-corrected chi connectivity index (χ2v) is 13.9. The Morgan fingerprint density at radius 2 is 0.837 bits per heavy atom. The lowest BCUT2D eigenvalue weighted by atomic mass is 9.30. The van der Waals surface area contributed by atoms with Gasteiger partial charge in [-0.05, 0) is 80.5 Å². The Hall–Kier alpha value is -5.79. The fourth-order valence-electron chi connectivity index (χ4n) is 8.59. The van der Waals surface area contributed by atoms with Gasteiger partial charge in [0.25, 0.3) is 0 Å². The van der Waals surface area contributed by atoms with Gasteiger partial charge in [0, 0.05) is 17.1 Å². The van der Waals surface area contributed by atoms with Crippen molar-refractivity contribution in [3.05, 3.63) is 175 Å². The van der Waals surface area contributed by atoms with Gasteiger partial charge in [-0.3, -0.25) is 0 Å². The van der Waals surface area contributed by atoms with Crippen LogP contribution in [0.25, 0.3) is 32.7 Å². The molecule has 8 aromatic carbocycles. The molecule has 1 nitrogen and oxygen atoms in total. The van der Waals surface area contributed by atoms with Crippen LogP contribution in [0.15, 0.2) is 164 Å². The Labute approximate surface area is 288 Å². The first-order valence-electron chi connectivity index (χ1n) is 17.3. The maximum atomic E-state index is 2.58. The van der Waals surface area contributed by atoms with E-state index in [4.69, 9.17) is 0 Å². The standard InChI is InChI=1S/C46H33B2N/c1-30-16-22-44-40(24-30)47(38-20-18-33-12-6-8-14-35(33)26-38)42-28-37(32-10-4-3-5-11-32)29-43-46(42)49(44)45-23-17-31(2)25-41(45)48(43)39-21-19-34-13-7-9-15-36(34)27-39/h3-29H,1-2H3. The van der Waals surface area contributed by atoms with Gasteiger partial charge in [0.1, 0.15) is 0 Å². The van der Waals surface area contributed by atoms with Crippen molar-refractivity contribution in [1.29, 1.82) is 0 Å². The SMILES string of the molecule is Cc1ccc2c(c1)B(c1ccc3ccccc3c1)c1cc(-c3ccccc3)cc3c1N2c1ccc(C)cc1B3c1ccc2ccccc2c1. The molecule has 0 saturated heterocycles. The topological polar surface area (TPSA) is 3.24 Å². The van der Waals surface area contributed by atoms with Gasteiger partial charge < -0.3 is 4.90 Å². The number of rotatable bonds is 3. The minimum absolute atomic E-state index is 0.0809. The summed E-state index contributed by atoms with van der Waals surface area (Å²) in [5, 5.41) is 5.10. The molecule has 0 aromatic heterocycles. The third-order valence-electron chi connectivity index (χ3n) is 10.8. The van der Waals surface area contributed by atoms with E-state index in [2.05, 4.69) is 183 Å². The highest BCUT2D eigenvalue weighted by Gasteiger charge is 2.43. The first kappa shape index (κ1) is 28.2. The van der Waals surface area contributed by atoms with Crippen molar-refractivity contribution in [1.82, 2.24) is 0 Å². The molecule has 0 fully saturated rings. The predicted molar refractivity (Wildman–Crippen MR) is 213 cm³/mol. The number of anilines is 3. The third-order valence-corrected chi connectivity index (χ3v) is 10.8. The molecule has 10 rings (SSSR count). The molecule has 0 radical (unpaired) electrons. The maximum Gasteiger partial charge on any atom is 0.246 e. The number of aryl methyl sites for hydroxylation is 2. The van der Waals surface area contributed by atoms with Gasteiger partial charge >= 0.3 is 0 Å². The largest absolute Gasteiger partial charge is 0.313 e. The lowest BCUT2D eigenvalue weighted by Crippen LogP contribution is -2.65. The van der Waals surface area contributed by atoms with E-state index in [-0.39, 0.29) is 13.4 Å². The Kier molecular flexibility index (Phi) is 6.26. The van der Waals surface area contributed by atoms with E-state index in [0.29, 0.717) is 0 Å². The average Bonchev–Trinajstić information content (AvgIpc) is 3.14. The van der Waals surface area contributed by atoms with Gasteiger partial charge in [-0.1, -0.05) is 174 Å². The van der Waals surface area contributed by atoms with Crippen LogP contribution in [0.4, 0.5) is 17.1 Å². The molecule has 2 aliphatic rings. The Balaban J connectivity index is 1.33. The van der Waals surface area contributed by atoms with Crippen LogP contribution >= 0.6 is 0 Å². The van der Waals surface area contributed by atoms with Gasteiger partial charge in [-0.15, -0.1) is 0 Å². The first-order valence-corrected chi connectivity index (χ1v) is 17.3. The van der Waals surface area contributed by atoms with E-state index >= 15 is 0 Å². The quantitative estimate of drug-likeness (QED) is 0.186. The maximum absolute atomic E-state index is 2.58. The molecular formula is C46H33B2N. The molecule has 0 saturated carbocycles. The highest BCUT2D eigenvalue weighted by Crippen LogP contribution is 2.39. The van der Waals surface area contributed by atoms with Crippen LogP contribution in [0.5, 0.6) is 0 Å². The number of fused-ring (bicyclic) bond motifs is 6. The van der Waals surface area contributed by atoms with Crippen LogP contribution in [0.1, 0.15) is 11.1 Å². The number of hydrogen-bond acceptors (Lipinski definition) is 1. The molecule has 2 heterocycles. The van der Waals surface area contributed by atoms with Crippen molar-refractivity contribution in [3.8, 4) is 11.1 Å². The van der Waals surface area contributed by atoms with Crippen molar-refractivity contribution in [3.63, 3.8) is 0 Å². The summed E-state index contributed by atoms with van der Waals surface area (Å²) in [5.74, 6) is 0.